The van der Waals surface area contributed by atoms with Crippen molar-refractivity contribution in [2.24, 2.45) is 5.73 Å². The quantitative estimate of drug-likeness (QED) is 0.891. The maximum absolute atomic E-state index is 11.4. The van der Waals surface area contributed by atoms with Gasteiger partial charge in [0.25, 0.3) is 5.91 Å². The number of methoxy groups -OCH3 is 1. The second-order valence-corrected chi connectivity index (χ2v) is 4.74. The van der Waals surface area contributed by atoms with Crippen molar-refractivity contribution in [1.29, 1.82) is 0 Å². The van der Waals surface area contributed by atoms with Gasteiger partial charge < -0.3 is 20.9 Å². The van der Waals surface area contributed by atoms with Crippen LogP contribution in [0.3, 0.4) is 0 Å². The molecule has 4 N–H and O–H groups in total. The number of primary amides is 1. The highest BCUT2D eigenvalue weighted by Crippen LogP contribution is 2.33. The van der Waals surface area contributed by atoms with E-state index in [1.807, 2.05) is 0 Å². The predicted octanol–water partition coefficient (Wildman–Crippen LogP) is 2.33. The van der Waals surface area contributed by atoms with Crippen molar-refractivity contribution < 1.29 is 14.3 Å². The topological polar surface area (TPSA) is 100 Å². The lowest BCUT2D eigenvalue weighted by Crippen LogP contribution is -2.13. The summed E-state index contributed by atoms with van der Waals surface area (Å²) in [6.07, 6.45) is 1.39. The summed E-state index contributed by atoms with van der Waals surface area (Å²) in [6, 6.07) is 6.56. The van der Waals surface area contributed by atoms with Crippen LogP contribution in [0, 0.1) is 0 Å². The predicted molar refractivity (Wildman–Crippen MR) is 77.9 cm³/mol. The van der Waals surface area contributed by atoms with Crippen molar-refractivity contribution >= 4 is 27.5 Å². The van der Waals surface area contributed by atoms with Crippen LogP contribution in [0.2, 0.25) is 0 Å². The van der Waals surface area contributed by atoms with E-state index in [9.17, 15) is 4.79 Å². The lowest BCUT2D eigenvalue weighted by molar-refractivity contribution is 0.0997. The molecule has 0 aliphatic rings. The van der Waals surface area contributed by atoms with Gasteiger partial charge >= 0.3 is 0 Å². The lowest BCUT2D eigenvalue weighted by Gasteiger charge is -2.10. The SMILES string of the molecule is COc1ccc(Oc2ncc(N)cc2C(N)=O)c(Br)c1. The molecule has 0 saturated heterocycles. The number of amides is 1. The third kappa shape index (κ3) is 3.00. The molecular weight excluding hydrogens is 326 g/mol. The van der Waals surface area contributed by atoms with Gasteiger partial charge in [-0.2, -0.15) is 0 Å². The highest BCUT2D eigenvalue weighted by Gasteiger charge is 2.14. The summed E-state index contributed by atoms with van der Waals surface area (Å²) in [6.45, 7) is 0. The zero-order valence-electron chi connectivity index (χ0n) is 10.6. The number of aromatic nitrogens is 1. The first-order chi connectivity index (χ1) is 9.51. The molecule has 7 heteroatoms. The van der Waals surface area contributed by atoms with E-state index in [1.54, 1.807) is 25.3 Å². The monoisotopic (exact) mass is 337 g/mol. The molecule has 1 heterocycles. The standard InChI is InChI=1S/C13H12BrN3O3/c1-19-8-2-3-11(10(14)5-8)20-13-9(12(16)18)4-7(15)6-17-13/h2-6H,15H2,1H3,(H2,16,18). The van der Waals surface area contributed by atoms with Crippen LogP contribution in [-0.4, -0.2) is 18.0 Å². The molecular formula is C13H12BrN3O3. The summed E-state index contributed by atoms with van der Waals surface area (Å²) >= 11 is 3.35. The molecule has 0 bridgehead atoms. The van der Waals surface area contributed by atoms with Crippen LogP contribution < -0.4 is 20.9 Å². The fourth-order valence-corrected chi connectivity index (χ4v) is 1.96. The molecule has 0 spiro atoms. The number of rotatable bonds is 4. The van der Waals surface area contributed by atoms with Gasteiger partial charge in [-0.1, -0.05) is 0 Å². The van der Waals surface area contributed by atoms with Gasteiger partial charge in [-0.3, -0.25) is 4.79 Å². The summed E-state index contributed by atoms with van der Waals surface area (Å²) in [7, 11) is 1.56. The molecule has 0 aliphatic carbocycles. The highest BCUT2D eigenvalue weighted by atomic mass is 79.9. The van der Waals surface area contributed by atoms with Crippen molar-refractivity contribution in [2.75, 3.05) is 12.8 Å². The Labute approximate surface area is 123 Å². The first-order valence-electron chi connectivity index (χ1n) is 5.58. The van der Waals surface area contributed by atoms with Gasteiger partial charge in [0.1, 0.15) is 17.1 Å². The van der Waals surface area contributed by atoms with E-state index in [-0.39, 0.29) is 11.4 Å². The van der Waals surface area contributed by atoms with Gasteiger partial charge in [-0.05, 0) is 40.2 Å². The highest BCUT2D eigenvalue weighted by molar-refractivity contribution is 9.10. The largest absolute Gasteiger partial charge is 0.497 e. The van der Waals surface area contributed by atoms with Crippen LogP contribution in [0.25, 0.3) is 0 Å². The van der Waals surface area contributed by atoms with E-state index < -0.39 is 5.91 Å². The Morgan fingerprint density at radius 3 is 2.70 bits per heavy atom. The van der Waals surface area contributed by atoms with Gasteiger partial charge in [0.15, 0.2) is 0 Å². The summed E-state index contributed by atoms with van der Waals surface area (Å²) in [4.78, 5) is 15.3. The van der Waals surface area contributed by atoms with E-state index in [0.29, 0.717) is 21.7 Å². The first-order valence-corrected chi connectivity index (χ1v) is 6.37. The molecule has 0 unspecified atom stereocenters. The fraction of sp³-hybridized carbons (Fsp3) is 0.0769. The van der Waals surface area contributed by atoms with Crippen LogP contribution in [0.1, 0.15) is 10.4 Å². The molecule has 6 nitrogen and oxygen atoms in total. The van der Waals surface area contributed by atoms with Gasteiger partial charge in [0.05, 0.1) is 23.5 Å². The summed E-state index contributed by atoms with van der Waals surface area (Å²) in [5, 5.41) is 0. The Hall–Kier alpha value is -2.28. The van der Waals surface area contributed by atoms with Crippen LogP contribution in [-0.2, 0) is 0 Å². The third-order valence-corrected chi connectivity index (χ3v) is 3.10. The minimum absolute atomic E-state index is 0.0950. The van der Waals surface area contributed by atoms with Gasteiger partial charge in [0, 0.05) is 0 Å². The number of anilines is 1. The maximum atomic E-state index is 11.4. The Bertz CT molecular complexity index is 661. The van der Waals surface area contributed by atoms with E-state index in [0.717, 1.165) is 0 Å². The van der Waals surface area contributed by atoms with Crippen LogP contribution in [0.15, 0.2) is 34.9 Å². The van der Waals surface area contributed by atoms with Gasteiger partial charge in [-0.15, -0.1) is 0 Å². The summed E-state index contributed by atoms with van der Waals surface area (Å²) in [5.41, 5.74) is 11.3. The summed E-state index contributed by atoms with van der Waals surface area (Å²) < 4.78 is 11.3. The number of nitrogen functional groups attached to an aromatic ring is 1. The molecule has 2 aromatic rings. The van der Waals surface area contributed by atoms with Crippen molar-refractivity contribution in [2.45, 2.75) is 0 Å². The zero-order chi connectivity index (χ0) is 14.7. The maximum Gasteiger partial charge on any atom is 0.254 e. The lowest BCUT2D eigenvalue weighted by atomic mass is 10.2. The van der Waals surface area contributed by atoms with Crippen molar-refractivity contribution in [3.63, 3.8) is 0 Å². The third-order valence-electron chi connectivity index (χ3n) is 2.48. The number of hydrogen-bond donors (Lipinski definition) is 2. The number of pyridine rings is 1. The number of nitrogens with zero attached hydrogens (tertiary/aromatic N) is 1. The average Bonchev–Trinajstić information content (AvgIpc) is 2.42. The van der Waals surface area contributed by atoms with Crippen molar-refractivity contribution in [3.8, 4) is 17.4 Å². The summed E-state index contributed by atoms with van der Waals surface area (Å²) in [5.74, 6) is 0.581. The van der Waals surface area contributed by atoms with E-state index in [4.69, 9.17) is 20.9 Å². The molecule has 1 aromatic heterocycles. The van der Waals surface area contributed by atoms with Gasteiger partial charge in [-0.25, -0.2) is 4.98 Å². The number of hydrogen-bond acceptors (Lipinski definition) is 5. The van der Waals surface area contributed by atoms with Crippen LogP contribution >= 0.6 is 15.9 Å². The number of halogens is 1. The zero-order valence-corrected chi connectivity index (χ0v) is 12.2. The molecule has 0 saturated carbocycles. The van der Waals surface area contributed by atoms with E-state index in [1.165, 1.54) is 12.3 Å². The van der Waals surface area contributed by atoms with Crippen LogP contribution in [0.4, 0.5) is 5.69 Å². The Morgan fingerprint density at radius 2 is 2.10 bits per heavy atom. The first kappa shape index (κ1) is 14.1. The fourth-order valence-electron chi connectivity index (χ4n) is 1.52. The average molecular weight is 338 g/mol. The normalized spacial score (nSPS) is 10.1. The van der Waals surface area contributed by atoms with Gasteiger partial charge in [0.2, 0.25) is 5.88 Å². The van der Waals surface area contributed by atoms with Crippen molar-refractivity contribution in [1.82, 2.24) is 4.98 Å². The molecule has 0 radical (unpaired) electrons. The van der Waals surface area contributed by atoms with E-state index >= 15 is 0 Å². The number of benzene rings is 1. The minimum Gasteiger partial charge on any atom is -0.497 e. The smallest absolute Gasteiger partial charge is 0.254 e. The van der Waals surface area contributed by atoms with Crippen molar-refractivity contribution in [3.05, 3.63) is 40.5 Å². The molecule has 104 valence electrons. The van der Waals surface area contributed by atoms with Crippen LogP contribution in [0.5, 0.6) is 17.4 Å². The van der Waals surface area contributed by atoms with E-state index in [2.05, 4.69) is 20.9 Å². The number of ether oxygens (including phenoxy) is 2. The molecule has 0 aliphatic heterocycles. The molecule has 1 amide bonds. The number of carbonyl (C=O) groups is 1. The Kier molecular flexibility index (Phi) is 4.09. The number of nitrogens with two attached hydrogens (primary N) is 2. The molecule has 0 fully saturated rings. The molecule has 1 aromatic carbocycles. The minimum atomic E-state index is -0.663. The second-order valence-electron chi connectivity index (χ2n) is 3.88. The Morgan fingerprint density at radius 1 is 1.35 bits per heavy atom. The Balaban J connectivity index is 2.37. The molecule has 20 heavy (non-hydrogen) atoms. The molecule has 0 atom stereocenters. The second kappa shape index (κ2) is 5.79. The number of carbonyl (C=O) groups excluding carboxylic acids is 1. The molecule has 2 rings (SSSR count).